The van der Waals surface area contributed by atoms with Crippen LogP contribution in [0.1, 0.15) is 21.5 Å². The summed E-state index contributed by atoms with van der Waals surface area (Å²) in [7, 11) is 1.67. The molecule has 0 fully saturated rings. The summed E-state index contributed by atoms with van der Waals surface area (Å²) in [5, 5.41) is 3.19. The average molecular weight is 375 g/mol. The highest BCUT2D eigenvalue weighted by molar-refractivity contribution is 6.32. The van der Waals surface area contributed by atoms with E-state index in [1.807, 2.05) is 32.0 Å². The molecular formula is C20H23ClN2O3. The van der Waals surface area contributed by atoms with Crippen LogP contribution in [-0.2, 0) is 4.79 Å². The van der Waals surface area contributed by atoms with E-state index in [0.29, 0.717) is 29.5 Å². The maximum absolute atomic E-state index is 12.2. The maximum Gasteiger partial charge on any atom is 0.251 e. The molecule has 2 amide bonds. The summed E-state index contributed by atoms with van der Waals surface area (Å²) >= 11 is 6.01. The fourth-order valence-electron chi connectivity index (χ4n) is 2.48. The minimum absolute atomic E-state index is 0.0611. The van der Waals surface area contributed by atoms with E-state index < -0.39 is 0 Å². The predicted molar refractivity (Wildman–Crippen MR) is 103 cm³/mol. The van der Waals surface area contributed by atoms with E-state index in [4.69, 9.17) is 16.3 Å². The number of para-hydroxylation sites is 1. The van der Waals surface area contributed by atoms with E-state index in [-0.39, 0.29) is 18.4 Å². The fourth-order valence-corrected chi connectivity index (χ4v) is 2.67. The van der Waals surface area contributed by atoms with Gasteiger partial charge in [-0.2, -0.15) is 0 Å². The number of aryl methyl sites for hydroxylation is 2. The minimum Gasteiger partial charge on any atom is -0.490 e. The third kappa shape index (κ3) is 5.77. The summed E-state index contributed by atoms with van der Waals surface area (Å²) in [6.07, 6.45) is 0. The monoisotopic (exact) mass is 374 g/mol. The van der Waals surface area contributed by atoms with Crippen molar-refractivity contribution in [2.24, 2.45) is 0 Å². The van der Waals surface area contributed by atoms with E-state index in [0.717, 1.165) is 11.1 Å². The molecule has 0 bridgehead atoms. The molecule has 5 nitrogen and oxygen atoms in total. The summed E-state index contributed by atoms with van der Waals surface area (Å²) in [4.78, 5) is 25.9. The zero-order valence-electron chi connectivity index (χ0n) is 15.2. The van der Waals surface area contributed by atoms with Gasteiger partial charge in [0.05, 0.1) is 18.1 Å². The molecular weight excluding hydrogens is 352 g/mol. The van der Waals surface area contributed by atoms with E-state index in [1.165, 1.54) is 4.90 Å². The quantitative estimate of drug-likeness (QED) is 0.809. The van der Waals surface area contributed by atoms with Gasteiger partial charge in [0.15, 0.2) is 0 Å². The van der Waals surface area contributed by atoms with Crippen LogP contribution in [0.2, 0.25) is 5.02 Å². The van der Waals surface area contributed by atoms with Crippen LogP contribution in [0.5, 0.6) is 5.75 Å². The van der Waals surface area contributed by atoms with Crippen LogP contribution >= 0.6 is 11.6 Å². The third-order valence-corrected chi connectivity index (χ3v) is 4.14. The average Bonchev–Trinajstić information content (AvgIpc) is 2.60. The largest absolute Gasteiger partial charge is 0.490 e. The molecule has 0 atom stereocenters. The van der Waals surface area contributed by atoms with Crippen molar-refractivity contribution in [2.75, 3.05) is 26.7 Å². The molecule has 2 aromatic carbocycles. The van der Waals surface area contributed by atoms with Gasteiger partial charge in [0, 0.05) is 12.6 Å². The Balaban J connectivity index is 1.78. The second-order valence-electron chi connectivity index (χ2n) is 6.15. The third-order valence-electron chi connectivity index (χ3n) is 3.83. The van der Waals surface area contributed by atoms with Crippen LogP contribution in [0.15, 0.2) is 42.5 Å². The number of amides is 2. The molecule has 0 aliphatic rings. The number of hydrogen-bond acceptors (Lipinski definition) is 3. The summed E-state index contributed by atoms with van der Waals surface area (Å²) in [5.41, 5.74) is 2.57. The molecule has 0 saturated heterocycles. The van der Waals surface area contributed by atoms with Gasteiger partial charge in [0.2, 0.25) is 5.91 Å². The number of rotatable bonds is 7. The lowest BCUT2D eigenvalue weighted by Gasteiger charge is -2.18. The zero-order valence-corrected chi connectivity index (χ0v) is 16.0. The normalized spacial score (nSPS) is 10.3. The molecule has 138 valence electrons. The van der Waals surface area contributed by atoms with E-state index in [2.05, 4.69) is 5.32 Å². The van der Waals surface area contributed by atoms with Crippen LogP contribution in [0, 0.1) is 13.8 Å². The molecule has 6 heteroatoms. The summed E-state index contributed by atoms with van der Waals surface area (Å²) in [6, 6.07) is 12.8. The Morgan fingerprint density at radius 3 is 2.42 bits per heavy atom. The van der Waals surface area contributed by atoms with Crippen molar-refractivity contribution in [3.63, 3.8) is 0 Å². The van der Waals surface area contributed by atoms with E-state index >= 15 is 0 Å². The molecule has 0 aliphatic heterocycles. The van der Waals surface area contributed by atoms with Gasteiger partial charge in [0.1, 0.15) is 12.4 Å². The topological polar surface area (TPSA) is 58.6 Å². The summed E-state index contributed by atoms with van der Waals surface area (Å²) in [6.45, 7) is 4.51. The summed E-state index contributed by atoms with van der Waals surface area (Å²) < 4.78 is 5.57. The van der Waals surface area contributed by atoms with Gasteiger partial charge in [0.25, 0.3) is 5.91 Å². The molecule has 0 aliphatic carbocycles. The van der Waals surface area contributed by atoms with Crippen LogP contribution in [0.4, 0.5) is 0 Å². The number of ether oxygens (including phenoxy) is 1. The maximum atomic E-state index is 12.2. The van der Waals surface area contributed by atoms with E-state index in [1.54, 1.807) is 31.3 Å². The van der Waals surface area contributed by atoms with E-state index in [9.17, 15) is 9.59 Å². The molecule has 0 spiro atoms. The lowest BCUT2D eigenvalue weighted by atomic mass is 10.1. The van der Waals surface area contributed by atoms with Crippen LogP contribution < -0.4 is 10.1 Å². The standard InChI is InChI=1S/C20H23ClN2O3/c1-14-10-15(2)12-16(11-14)20(25)22-13-19(24)23(3)8-9-26-18-7-5-4-6-17(18)21/h4-7,10-12H,8-9,13H2,1-3H3,(H,22,25). The van der Waals surface area contributed by atoms with Crippen molar-refractivity contribution < 1.29 is 14.3 Å². The number of benzene rings is 2. The van der Waals surface area contributed by atoms with Gasteiger partial charge < -0.3 is 15.0 Å². The van der Waals surface area contributed by atoms with Crippen molar-refractivity contribution >= 4 is 23.4 Å². The van der Waals surface area contributed by atoms with Gasteiger partial charge in [-0.1, -0.05) is 40.9 Å². The smallest absolute Gasteiger partial charge is 0.251 e. The first-order chi connectivity index (χ1) is 12.4. The molecule has 26 heavy (non-hydrogen) atoms. The molecule has 0 aromatic heterocycles. The lowest BCUT2D eigenvalue weighted by molar-refractivity contribution is -0.129. The molecule has 0 saturated carbocycles. The van der Waals surface area contributed by atoms with Crippen LogP contribution in [0.3, 0.4) is 0 Å². The molecule has 0 unspecified atom stereocenters. The molecule has 1 N–H and O–H groups in total. The van der Waals surface area contributed by atoms with Crippen molar-refractivity contribution in [1.82, 2.24) is 10.2 Å². The zero-order chi connectivity index (χ0) is 19.1. The van der Waals surface area contributed by atoms with Gasteiger partial charge in [-0.05, 0) is 38.1 Å². The number of halogens is 1. The second-order valence-corrected chi connectivity index (χ2v) is 6.56. The van der Waals surface area contributed by atoms with Gasteiger partial charge in [-0.25, -0.2) is 0 Å². The Morgan fingerprint density at radius 2 is 1.77 bits per heavy atom. The number of likely N-dealkylation sites (N-methyl/N-ethyl adjacent to an activating group) is 1. The van der Waals surface area contributed by atoms with Crippen LogP contribution in [-0.4, -0.2) is 43.5 Å². The van der Waals surface area contributed by atoms with Crippen molar-refractivity contribution in [3.8, 4) is 5.75 Å². The number of hydrogen-bond donors (Lipinski definition) is 1. The highest BCUT2D eigenvalue weighted by Crippen LogP contribution is 2.22. The number of nitrogens with one attached hydrogen (secondary N) is 1. The molecule has 0 heterocycles. The molecule has 2 rings (SSSR count). The summed E-state index contributed by atoms with van der Waals surface area (Å²) in [5.74, 6) is 0.134. The van der Waals surface area contributed by atoms with Crippen LogP contribution in [0.25, 0.3) is 0 Å². The van der Waals surface area contributed by atoms with Crippen molar-refractivity contribution in [1.29, 1.82) is 0 Å². The first kappa shape index (κ1) is 19.8. The SMILES string of the molecule is Cc1cc(C)cc(C(=O)NCC(=O)N(C)CCOc2ccccc2Cl)c1. The van der Waals surface area contributed by atoms with Crippen molar-refractivity contribution in [2.45, 2.75) is 13.8 Å². The lowest BCUT2D eigenvalue weighted by Crippen LogP contribution is -2.39. The first-order valence-corrected chi connectivity index (χ1v) is 8.72. The highest BCUT2D eigenvalue weighted by Gasteiger charge is 2.12. The number of nitrogens with zero attached hydrogens (tertiary/aromatic N) is 1. The Hall–Kier alpha value is -2.53. The minimum atomic E-state index is -0.258. The molecule has 2 aromatic rings. The second kappa shape index (κ2) is 9.25. The Morgan fingerprint density at radius 1 is 1.12 bits per heavy atom. The fraction of sp³-hybridized carbons (Fsp3) is 0.300. The van der Waals surface area contributed by atoms with Crippen molar-refractivity contribution in [3.05, 3.63) is 64.2 Å². The number of carbonyl (C=O) groups is 2. The Bertz CT molecular complexity index is 772. The molecule has 0 radical (unpaired) electrons. The first-order valence-electron chi connectivity index (χ1n) is 8.34. The highest BCUT2D eigenvalue weighted by atomic mass is 35.5. The predicted octanol–water partition coefficient (Wildman–Crippen LogP) is 3.22. The van der Waals surface area contributed by atoms with Gasteiger partial charge in [-0.3, -0.25) is 9.59 Å². The van der Waals surface area contributed by atoms with Gasteiger partial charge >= 0.3 is 0 Å². The Kier molecular flexibility index (Phi) is 7.04. The Labute approximate surface area is 158 Å². The number of carbonyl (C=O) groups excluding carboxylic acids is 2. The van der Waals surface area contributed by atoms with Gasteiger partial charge in [-0.15, -0.1) is 0 Å².